The third-order valence-corrected chi connectivity index (χ3v) is 4.41. The largest absolute Gasteiger partial charge is 0.416 e. The average molecular weight is 364 g/mol. The minimum absolute atomic E-state index is 0.537. The Morgan fingerprint density at radius 2 is 1.07 bits per heavy atom. The first-order valence-electron chi connectivity index (χ1n) is 9.82. The van der Waals surface area contributed by atoms with Crippen LogP contribution in [0.3, 0.4) is 0 Å². The van der Waals surface area contributed by atoms with E-state index in [4.69, 9.17) is 4.42 Å². The van der Waals surface area contributed by atoms with Crippen LogP contribution in [0, 0.1) is 0 Å². The molecule has 0 saturated heterocycles. The minimum Gasteiger partial charge on any atom is -0.416 e. The Labute approximate surface area is 161 Å². The lowest BCUT2D eigenvalue weighted by Crippen LogP contribution is -2.00. The molecule has 27 heavy (non-hydrogen) atoms. The summed E-state index contributed by atoms with van der Waals surface area (Å²) in [7, 11) is 0. The van der Waals surface area contributed by atoms with Gasteiger partial charge >= 0.3 is 0 Å². The third kappa shape index (κ3) is 5.33. The zero-order valence-corrected chi connectivity index (χ0v) is 16.2. The fraction of sp³-hybridized carbons (Fsp3) is 0.364. The molecule has 0 aliphatic carbocycles. The molecular formula is C22H28N4O. The summed E-state index contributed by atoms with van der Waals surface area (Å²) in [5.74, 6) is 1.07. The van der Waals surface area contributed by atoms with Crippen LogP contribution in [0.1, 0.15) is 39.5 Å². The molecule has 1 aromatic heterocycles. The summed E-state index contributed by atoms with van der Waals surface area (Å²) in [6, 6.07) is 16.2. The van der Waals surface area contributed by atoms with E-state index < -0.39 is 0 Å². The Kier molecular flexibility index (Phi) is 6.85. The van der Waals surface area contributed by atoms with Crippen molar-refractivity contribution in [1.82, 2.24) is 10.2 Å². The molecule has 1 heterocycles. The third-order valence-electron chi connectivity index (χ3n) is 4.41. The molecule has 3 rings (SSSR count). The normalized spacial score (nSPS) is 10.7. The lowest BCUT2D eigenvalue weighted by molar-refractivity contribution is 0.584. The van der Waals surface area contributed by atoms with Gasteiger partial charge in [-0.25, -0.2) is 0 Å². The van der Waals surface area contributed by atoms with Gasteiger partial charge in [-0.15, -0.1) is 10.2 Å². The van der Waals surface area contributed by atoms with Crippen molar-refractivity contribution < 1.29 is 4.42 Å². The standard InChI is InChI=1S/C22H28N4O/c1-3-5-15-23-19-11-7-17(8-12-19)21-25-26-22(27-21)18-9-13-20(14-10-18)24-16-6-4-2/h7-14,23-24H,3-6,15-16H2,1-2H3. The predicted octanol–water partition coefficient (Wildman–Crippen LogP) is 5.83. The lowest BCUT2D eigenvalue weighted by atomic mass is 10.2. The summed E-state index contributed by atoms with van der Waals surface area (Å²) in [4.78, 5) is 0. The van der Waals surface area contributed by atoms with E-state index in [1.165, 1.54) is 25.7 Å². The van der Waals surface area contributed by atoms with E-state index in [1.807, 2.05) is 48.5 Å². The first-order chi connectivity index (χ1) is 13.3. The van der Waals surface area contributed by atoms with E-state index in [9.17, 15) is 0 Å². The average Bonchev–Trinajstić information content (AvgIpc) is 3.20. The lowest BCUT2D eigenvalue weighted by Gasteiger charge is -2.05. The SMILES string of the molecule is CCCCNc1ccc(-c2nnc(-c3ccc(NCCCC)cc3)o2)cc1. The summed E-state index contributed by atoms with van der Waals surface area (Å²) < 4.78 is 5.87. The van der Waals surface area contributed by atoms with Gasteiger partial charge in [0.2, 0.25) is 11.8 Å². The summed E-state index contributed by atoms with van der Waals surface area (Å²) in [6.07, 6.45) is 4.71. The highest BCUT2D eigenvalue weighted by atomic mass is 16.4. The van der Waals surface area contributed by atoms with Gasteiger partial charge in [-0.3, -0.25) is 0 Å². The Morgan fingerprint density at radius 3 is 1.44 bits per heavy atom. The molecule has 0 aliphatic heterocycles. The van der Waals surface area contributed by atoms with Crippen LogP contribution in [0.25, 0.3) is 22.9 Å². The predicted molar refractivity (Wildman–Crippen MR) is 112 cm³/mol. The number of benzene rings is 2. The molecule has 3 aromatic rings. The molecule has 142 valence electrons. The number of hydrogen-bond donors (Lipinski definition) is 2. The van der Waals surface area contributed by atoms with Crippen molar-refractivity contribution in [3.8, 4) is 22.9 Å². The van der Waals surface area contributed by atoms with Crippen LogP contribution in [-0.2, 0) is 0 Å². The number of anilines is 2. The number of aromatic nitrogens is 2. The monoisotopic (exact) mass is 364 g/mol. The van der Waals surface area contributed by atoms with Crippen molar-refractivity contribution in [2.24, 2.45) is 0 Å². The molecule has 5 heteroatoms. The zero-order valence-electron chi connectivity index (χ0n) is 16.2. The Bertz CT molecular complexity index is 741. The summed E-state index contributed by atoms with van der Waals surface area (Å²) in [5.41, 5.74) is 4.07. The molecule has 0 atom stereocenters. The van der Waals surface area contributed by atoms with Gasteiger partial charge in [-0.05, 0) is 61.4 Å². The van der Waals surface area contributed by atoms with Crippen molar-refractivity contribution >= 4 is 11.4 Å². The molecule has 0 aliphatic rings. The van der Waals surface area contributed by atoms with Gasteiger partial charge in [-0.2, -0.15) is 0 Å². The van der Waals surface area contributed by atoms with Crippen LogP contribution < -0.4 is 10.6 Å². The van der Waals surface area contributed by atoms with Crippen LogP contribution in [0.15, 0.2) is 52.9 Å². The second-order valence-corrected chi connectivity index (χ2v) is 6.63. The summed E-state index contributed by atoms with van der Waals surface area (Å²) >= 11 is 0. The van der Waals surface area contributed by atoms with Crippen LogP contribution >= 0.6 is 0 Å². The highest BCUT2D eigenvalue weighted by Crippen LogP contribution is 2.25. The van der Waals surface area contributed by atoms with E-state index in [2.05, 4.69) is 34.7 Å². The maximum absolute atomic E-state index is 5.87. The molecular weight excluding hydrogens is 336 g/mol. The summed E-state index contributed by atoms with van der Waals surface area (Å²) in [5, 5.41) is 15.2. The van der Waals surface area contributed by atoms with E-state index in [0.29, 0.717) is 11.8 Å². The number of nitrogens with zero attached hydrogens (tertiary/aromatic N) is 2. The van der Waals surface area contributed by atoms with Crippen LogP contribution in [0.2, 0.25) is 0 Å². The number of rotatable bonds is 10. The number of unbranched alkanes of at least 4 members (excludes halogenated alkanes) is 2. The quantitative estimate of drug-likeness (QED) is 0.443. The first-order valence-corrected chi connectivity index (χ1v) is 9.82. The summed E-state index contributed by atoms with van der Waals surface area (Å²) in [6.45, 7) is 6.36. The molecule has 0 unspecified atom stereocenters. The van der Waals surface area contributed by atoms with Crippen LogP contribution in [0.4, 0.5) is 11.4 Å². The highest BCUT2D eigenvalue weighted by molar-refractivity contribution is 5.62. The number of nitrogens with one attached hydrogen (secondary N) is 2. The topological polar surface area (TPSA) is 63.0 Å². The molecule has 0 saturated carbocycles. The van der Waals surface area contributed by atoms with Crippen molar-refractivity contribution in [3.63, 3.8) is 0 Å². The van der Waals surface area contributed by atoms with Crippen molar-refractivity contribution in [1.29, 1.82) is 0 Å². The zero-order chi connectivity index (χ0) is 18.9. The maximum atomic E-state index is 5.87. The van der Waals surface area contributed by atoms with Crippen molar-refractivity contribution in [2.75, 3.05) is 23.7 Å². The first kappa shape index (κ1) is 19.0. The van der Waals surface area contributed by atoms with Gasteiger partial charge in [0.25, 0.3) is 0 Å². The molecule has 2 aromatic carbocycles. The molecule has 0 fully saturated rings. The molecule has 0 spiro atoms. The Hall–Kier alpha value is -2.82. The van der Waals surface area contributed by atoms with Gasteiger partial charge in [0.05, 0.1) is 0 Å². The van der Waals surface area contributed by atoms with Gasteiger partial charge in [0.15, 0.2) is 0 Å². The minimum atomic E-state index is 0.537. The molecule has 5 nitrogen and oxygen atoms in total. The van der Waals surface area contributed by atoms with Crippen LogP contribution in [-0.4, -0.2) is 23.3 Å². The molecule has 0 amide bonds. The molecule has 0 bridgehead atoms. The highest BCUT2D eigenvalue weighted by Gasteiger charge is 2.10. The van der Waals surface area contributed by atoms with Crippen molar-refractivity contribution in [2.45, 2.75) is 39.5 Å². The second kappa shape index (κ2) is 9.76. The smallest absolute Gasteiger partial charge is 0.248 e. The van der Waals surface area contributed by atoms with E-state index in [-0.39, 0.29) is 0 Å². The van der Waals surface area contributed by atoms with E-state index in [1.54, 1.807) is 0 Å². The van der Waals surface area contributed by atoms with Gasteiger partial charge < -0.3 is 15.1 Å². The van der Waals surface area contributed by atoms with Crippen LogP contribution in [0.5, 0.6) is 0 Å². The maximum Gasteiger partial charge on any atom is 0.248 e. The Morgan fingerprint density at radius 1 is 0.667 bits per heavy atom. The van der Waals surface area contributed by atoms with E-state index in [0.717, 1.165) is 35.6 Å². The van der Waals surface area contributed by atoms with Gasteiger partial charge in [0.1, 0.15) is 0 Å². The second-order valence-electron chi connectivity index (χ2n) is 6.63. The van der Waals surface area contributed by atoms with E-state index >= 15 is 0 Å². The number of hydrogen-bond acceptors (Lipinski definition) is 5. The fourth-order valence-electron chi connectivity index (χ4n) is 2.74. The van der Waals surface area contributed by atoms with Gasteiger partial charge in [-0.1, -0.05) is 26.7 Å². The van der Waals surface area contributed by atoms with Crippen molar-refractivity contribution in [3.05, 3.63) is 48.5 Å². The molecule has 0 radical (unpaired) electrons. The van der Waals surface area contributed by atoms with Gasteiger partial charge in [0, 0.05) is 35.6 Å². The Balaban J connectivity index is 1.64. The fourth-order valence-corrected chi connectivity index (χ4v) is 2.74. The molecule has 2 N–H and O–H groups in total.